The van der Waals surface area contributed by atoms with Gasteiger partial charge < -0.3 is 4.90 Å². The van der Waals surface area contributed by atoms with E-state index in [1.54, 1.807) is 11.8 Å². The summed E-state index contributed by atoms with van der Waals surface area (Å²) in [5.41, 5.74) is 4.46. The van der Waals surface area contributed by atoms with E-state index in [9.17, 15) is 0 Å². The fourth-order valence-corrected chi connectivity index (χ4v) is 4.18. The Balaban J connectivity index is 2.97. The molecule has 1 nitrogen and oxygen atoms in total. The minimum atomic E-state index is 0.135. The van der Waals surface area contributed by atoms with Crippen LogP contribution in [0.2, 0.25) is 0 Å². The van der Waals surface area contributed by atoms with Crippen LogP contribution in [0.5, 0.6) is 0 Å². The Bertz CT molecular complexity index is 412. The van der Waals surface area contributed by atoms with Crippen molar-refractivity contribution in [1.29, 1.82) is 0 Å². The number of rotatable bonds is 3. The lowest BCUT2D eigenvalue weighted by Crippen LogP contribution is -2.27. The summed E-state index contributed by atoms with van der Waals surface area (Å²) in [7, 11) is 0. The van der Waals surface area contributed by atoms with Crippen molar-refractivity contribution in [2.24, 2.45) is 5.41 Å². The summed E-state index contributed by atoms with van der Waals surface area (Å²) in [5, 5.41) is 0. The molecule has 0 aliphatic heterocycles. The first-order chi connectivity index (χ1) is 8.27. The molecular formula is C15H25NS2. The largest absolute Gasteiger partial charge is 0.358 e. The highest BCUT2D eigenvalue weighted by Crippen LogP contribution is 2.51. The van der Waals surface area contributed by atoms with Crippen LogP contribution in [0.3, 0.4) is 0 Å². The zero-order valence-corrected chi connectivity index (χ0v) is 14.3. The van der Waals surface area contributed by atoms with Crippen LogP contribution < -0.4 is 0 Å². The van der Waals surface area contributed by atoms with Gasteiger partial charge in [0.25, 0.3) is 0 Å². The van der Waals surface area contributed by atoms with E-state index in [0.717, 1.165) is 17.4 Å². The van der Waals surface area contributed by atoms with Crippen LogP contribution in [-0.2, 0) is 0 Å². The van der Waals surface area contributed by atoms with Crippen LogP contribution in [0.25, 0.3) is 0 Å². The average Bonchev–Trinajstić information content (AvgIpc) is 2.46. The Kier molecular flexibility index (Phi) is 5.07. The number of nitrogens with zero attached hydrogens (tertiary/aromatic N) is 1. The third-order valence-corrected chi connectivity index (χ3v) is 6.14. The van der Waals surface area contributed by atoms with Crippen molar-refractivity contribution in [1.82, 2.24) is 4.90 Å². The van der Waals surface area contributed by atoms with Crippen molar-refractivity contribution in [3.05, 3.63) is 21.6 Å². The summed E-state index contributed by atoms with van der Waals surface area (Å²) < 4.78 is 1.00. The first-order valence-corrected chi connectivity index (χ1v) is 7.86. The minimum Gasteiger partial charge on any atom is -0.358 e. The topological polar surface area (TPSA) is 3.24 Å². The Labute approximate surface area is 122 Å². The molecule has 0 unspecified atom stereocenters. The summed E-state index contributed by atoms with van der Waals surface area (Å²) in [6, 6.07) is 0. The van der Waals surface area contributed by atoms with E-state index in [2.05, 4.69) is 53.4 Å². The maximum atomic E-state index is 5.58. The molecule has 0 atom stereocenters. The number of hydrogen-bond acceptors (Lipinski definition) is 2. The maximum Gasteiger partial charge on any atom is 0.140 e. The van der Waals surface area contributed by atoms with Gasteiger partial charge in [-0.1, -0.05) is 43.4 Å². The molecule has 0 aromatic carbocycles. The Morgan fingerprint density at radius 2 is 1.61 bits per heavy atom. The van der Waals surface area contributed by atoms with Gasteiger partial charge in [0.2, 0.25) is 0 Å². The summed E-state index contributed by atoms with van der Waals surface area (Å²) in [4.78, 5) is 3.67. The molecule has 0 aromatic rings. The second-order valence-electron chi connectivity index (χ2n) is 5.37. The van der Waals surface area contributed by atoms with Gasteiger partial charge >= 0.3 is 0 Å². The zero-order chi connectivity index (χ0) is 14.1. The summed E-state index contributed by atoms with van der Waals surface area (Å²) in [6.45, 7) is 17.6. The molecule has 0 N–H and O–H groups in total. The van der Waals surface area contributed by atoms with Gasteiger partial charge in [0, 0.05) is 23.4 Å². The molecule has 0 amide bonds. The summed E-state index contributed by atoms with van der Waals surface area (Å²) >= 11 is 7.36. The molecule has 0 saturated heterocycles. The third kappa shape index (κ3) is 2.67. The van der Waals surface area contributed by atoms with E-state index in [1.807, 2.05) is 0 Å². The Hall–Kier alpha value is -0.280. The lowest BCUT2D eigenvalue weighted by atomic mass is 9.87. The van der Waals surface area contributed by atoms with Gasteiger partial charge in [-0.2, -0.15) is 0 Å². The molecule has 0 aromatic heterocycles. The van der Waals surface area contributed by atoms with Crippen molar-refractivity contribution in [2.75, 3.05) is 13.1 Å². The van der Waals surface area contributed by atoms with Gasteiger partial charge in [0.1, 0.15) is 4.32 Å². The van der Waals surface area contributed by atoms with Gasteiger partial charge in [-0.25, -0.2) is 0 Å². The van der Waals surface area contributed by atoms with Gasteiger partial charge in [0.15, 0.2) is 0 Å². The van der Waals surface area contributed by atoms with Crippen molar-refractivity contribution < 1.29 is 0 Å². The maximum absolute atomic E-state index is 5.58. The second kappa shape index (κ2) is 5.79. The van der Waals surface area contributed by atoms with E-state index in [4.69, 9.17) is 12.2 Å². The third-order valence-electron chi connectivity index (χ3n) is 4.18. The lowest BCUT2D eigenvalue weighted by Gasteiger charge is -2.28. The highest BCUT2D eigenvalue weighted by Gasteiger charge is 2.35. The van der Waals surface area contributed by atoms with Crippen LogP contribution in [-0.4, -0.2) is 22.3 Å². The lowest BCUT2D eigenvalue weighted by molar-refractivity contribution is 0.482. The molecule has 102 valence electrons. The van der Waals surface area contributed by atoms with Gasteiger partial charge in [-0.05, 0) is 45.8 Å². The van der Waals surface area contributed by atoms with E-state index in [0.29, 0.717) is 0 Å². The number of thiocarbonyl (C=S) groups is 1. The average molecular weight is 284 g/mol. The normalized spacial score (nSPS) is 18.6. The van der Waals surface area contributed by atoms with E-state index >= 15 is 0 Å². The Morgan fingerprint density at radius 1 is 1.11 bits per heavy atom. The van der Waals surface area contributed by atoms with Gasteiger partial charge in [-0.3, -0.25) is 0 Å². The van der Waals surface area contributed by atoms with E-state index in [1.165, 1.54) is 21.6 Å². The van der Waals surface area contributed by atoms with E-state index in [-0.39, 0.29) is 5.41 Å². The molecule has 18 heavy (non-hydrogen) atoms. The number of thioether (sulfide) groups is 1. The van der Waals surface area contributed by atoms with Crippen LogP contribution in [0.1, 0.15) is 48.5 Å². The molecule has 1 rings (SSSR count). The van der Waals surface area contributed by atoms with Crippen LogP contribution >= 0.6 is 24.0 Å². The van der Waals surface area contributed by atoms with Crippen LogP contribution in [0.15, 0.2) is 21.6 Å². The van der Waals surface area contributed by atoms with Crippen molar-refractivity contribution in [3.63, 3.8) is 0 Å². The fraction of sp³-hybridized carbons (Fsp3) is 0.667. The molecule has 0 fully saturated rings. The van der Waals surface area contributed by atoms with E-state index < -0.39 is 0 Å². The molecule has 1 aliphatic carbocycles. The zero-order valence-electron chi connectivity index (χ0n) is 12.7. The highest BCUT2D eigenvalue weighted by molar-refractivity contribution is 8.25. The second-order valence-corrected chi connectivity index (χ2v) is 7.01. The van der Waals surface area contributed by atoms with Crippen molar-refractivity contribution in [2.45, 2.75) is 48.5 Å². The molecule has 0 saturated carbocycles. The molecule has 1 aliphatic rings. The number of hydrogen-bond donors (Lipinski definition) is 0. The van der Waals surface area contributed by atoms with Crippen LogP contribution in [0, 0.1) is 5.41 Å². The summed E-state index contributed by atoms with van der Waals surface area (Å²) in [6.07, 6.45) is 0. The van der Waals surface area contributed by atoms with Crippen molar-refractivity contribution >= 4 is 28.3 Å². The minimum absolute atomic E-state index is 0.135. The predicted molar refractivity (Wildman–Crippen MR) is 88.0 cm³/mol. The smallest absolute Gasteiger partial charge is 0.140 e. The molecule has 0 bridgehead atoms. The molecule has 0 heterocycles. The van der Waals surface area contributed by atoms with Gasteiger partial charge in [0.05, 0.1) is 0 Å². The highest BCUT2D eigenvalue weighted by atomic mass is 32.2. The first-order valence-electron chi connectivity index (χ1n) is 6.63. The fourth-order valence-electron chi connectivity index (χ4n) is 2.40. The number of allylic oxidation sites excluding steroid dienone is 4. The van der Waals surface area contributed by atoms with Crippen LogP contribution in [0.4, 0.5) is 0 Å². The van der Waals surface area contributed by atoms with Gasteiger partial charge in [-0.15, -0.1) is 0 Å². The summed E-state index contributed by atoms with van der Waals surface area (Å²) in [5.74, 6) is 0. The van der Waals surface area contributed by atoms with Crippen molar-refractivity contribution in [3.8, 4) is 0 Å². The molecular weight excluding hydrogens is 258 g/mol. The molecule has 3 heteroatoms. The monoisotopic (exact) mass is 283 g/mol. The quantitative estimate of drug-likeness (QED) is 0.671. The first kappa shape index (κ1) is 15.8. The standard InChI is InChI=1S/C15H25NS2/c1-8-16(9-2)14(17)18-13-11(4)10(3)12(5)15(13,6)7/h8-9H2,1-7H3. The SMILES string of the molecule is CCN(CC)C(=S)SC1=C(C)C(C)=C(C)C1(C)C. The molecule has 0 radical (unpaired) electrons. The molecule has 0 spiro atoms. The Morgan fingerprint density at radius 3 is 1.94 bits per heavy atom. The predicted octanol–water partition coefficient (Wildman–Crippen LogP) is 5.00.